The van der Waals surface area contributed by atoms with Crippen molar-refractivity contribution < 1.29 is 4.79 Å². The average molecular weight is 256 g/mol. The van der Waals surface area contributed by atoms with Crippen LogP contribution in [0.5, 0.6) is 0 Å². The van der Waals surface area contributed by atoms with E-state index in [0.717, 1.165) is 31.2 Å². The van der Waals surface area contributed by atoms with E-state index in [4.69, 9.17) is 5.26 Å². The van der Waals surface area contributed by atoms with Gasteiger partial charge in [-0.1, -0.05) is 38.3 Å². The average Bonchev–Trinajstić information content (AvgIpc) is 2.46. The Labute approximate surface area is 114 Å². The normalized spacial score (nSPS) is 17.5. The van der Waals surface area contributed by atoms with Gasteiger partial charge in [0.2, 0.25) is 5.91 Å². The molecular weight excluding hydrogens is 236 g/mol. The second-order valence-electron chi connectivity index (χ2n) is 5.61. The van der Waals surface area contributed by atoms with Crippen molar-refractivity contribution in [2.24, 2.45) is 5.41 Å². The Morgan fingerprint density at radius 3 is 2.47 bits per heavy atom. The minimum absolute atomic E-state index is 0.163. The van der Waals surface area contributed by atoms with E-state index >= 15 is 0 Å². The van der Waals surface area contributed by atoms with Crippen LogP contribution in [-0.4, -0.2) is 5.91 Å². The molecule has 2 rings (SSSR count). The van der Waals surface area contributed by atoms with E-state index in [1.807, 2.05) is 12.1 Å². The second-order valence-corrected chi connectivity index (χ2v) is 5.61. The molecule has 1 aromatic rings. The first-order chi connectivity index (χ1) is 9.14. The van der Waals surface area contributed by atoms with Crippen LogP contribution in [0, 0.1) is 16.7 Å². The van der Waals surface area contributed by atoms with Crippen LogP contribution in [0.25, 0.3) is 0 Å². The zero-order valence-electron chi connectivity index (χ0n) is 11.4. The van der Waals surface area contributed by atoms with Gasteiger partial charge in [-0.25, -0.2) is 0 Å². The summed E-state index contributed by atoms with van der Waals surface area (Å²) < 4.78 is 0. The van der Waals surface area contributed by atoms with E-state index in [9.17, 15) is 4.79 Å². The van der Waals surface area contributed by atoms with Crippen molar-refractivity contribution in [2.45, 2.75) is 45.6 Å². The Balaban J connectivity index is 1.90. The van der Waals surface area contributed by atoms with Crippen LogP contribution in [0.3, 0.4) is 0 Å². The molecule has 1 amide bonds. The van der Waals surface area contributed by atoms with Crippen LogP contribution in [0.15, 0.2) is 24.3 Å². The summed E-state index contributed by atoms with van der Waals surface area (Å²) in [5.74, 6) is 0.163. The summed E-state index contributed by atoms with van der Waals surface area (Å²) in [6.45, 7) is 2.61. The van der Waals surface area contributed by atoms with Crippen LogP contribution in [0.2, 0.25) is 0 Å². The Kier molecular flexibility index (Phi) is 4.21. The zero-order chi connectivity index (χ0) is 13.7. The molecule has 0 bridgehead atoms. The lowest BCUT2D eigenvalue weighted by Gasteiger charge is -2.32. The fourth-order valence-corrected chi connectivity index (χ4v) is 2.65. The Morgan fingerprint density at radius 1 is 1.26 bits per heavy atom. The number of hydrogen-bond acceptors (Lipinski definition) is 2. The highest BCUT2D eigenvalue weighted by molar-refractivity contribution is 5.82. The van der Waals surface area contributed by atoms with E-state index in [1.165, 1.54) is 6.42 Å². The predicted octanol–water partition coefficient (Wildman–Crippen LogP) is 3.14. The van der Waals surface area contributed by atoms with Gasteiger partial charge in [0.05, 0.1) is 11.6 Å². The molecule has 0 unspecified atom stereocenters. The molecule has 0 atom stereocenters. The molecule has 0 saturated heterocycles. The van der Waals surface area contributed by atoms with Gasteiger partial charge in [-0.2, -0.15) is 5.26 Å². The molecule has 0 aliphatic heterocycles. The molecular formula is C16H20N2O. The summed E-state index contributed by atoms with van der Waals surface area (Å²) in [5.41, 5.74) is 1.49. The molecule has 1 N–H and O–H groups in total. The summed E-state index contributed by atoms with van der Waals surface area (Å²) in [6.07, 6.45) is 5.54. The molecule has 3 heteroatoms. The van der Waals surface area contributed by atoms with Gasteiger partial charge in [0, 0.05) is 12.0 Å². The standard InChI is InChI=1S/C16H20N2O/c1-16(9-3-2-4-10-16)15(19)18-12-14-7-5-13(11-17)6-8-14/h5-8H,2-4,9-10,12H2,1H3,(H,18,19). The van der Waals surface area contributed by atoms with E-state index in [-0.39, 0.29) is 11.3 Å². The van der Waals surface area contributed by atoms with Crippen molar-refractivity contribution in [3.8, 4) is 6.07 Å². The monoisotopic (exact) mass is 256 g/mol. The summed E-state index contributed by atoms with van der Waals surface area (Å²) in [6, 6.07) is 9.43. The van der Waals surface area contributed by atoms with Crippen molar-refractivity contribution in [3.05, 3.63) is 35.4 Å². The molecule has 1 saturated carbocycles. The van der Waals surface area contributed by atoms with E-state index in [0.29, 0.717) is 12.1 Å². The first-order valence-corrected chi connectivity index (χ1v) is 6.91. The highest BCUT2D eigenvalue weighted by atomic mass is 16.2. The lowest BCUT2D eigenvalue weighted by Crippen LogP contribution is -2.39. The molecule has 3 nitrogen and oxygen atoms in total. The summed E-state index contributed by atoms with van der Waals surface area (Å²) in [5, 5.41) is 11.8. The molecule has 100 valence electrons. The third-order valence-corrected chi connectivity index (χ3v) is 4.04. The van der Waals surface area contributed by atoms with Gasteiger partial charge >= 0.3 is 0 Å². The lowest BCUT2D eigenvalue weighted by molar-refractivity contribution is -0.132. The van der Waals surface area contributed by atoms with Crippen molar-refractivity contribution in [3.63, 3.8) is 0 Å². The van der Waals surface area contributed by atoms with E-state index in [2.05, 4.69) is 18.3 Å². The molecule has 1 aliphatic rings. The number of nitrogens with one attached hydrogen (secondary N) is 1. The third-order valence-electron chi connectivity index (χ3n) is 4.04. The van der Waals surface area contributed by atoms with Crippen LogP contribution in [0.4, 0.5) is 0 Å². The number of rotatable bonds is 3. The molecule has 1 fully saturated rings. The van der Waals surface area contributed by atoms with Gasteiger partial charge in [-0.15, -0.1) is 0 Å². The maximum absolute atomic E-state index is 12.3. The van der Waals surface area contributed by atoms with Gasteiger partial charge < -0.3 is 5.32 Å². The maximum Gasteiger partial charge on any atom is 0.226 e. The van der Waals surface area contributed by atoms with Crippen molar-refractivity contribution >= 4 is 5.91 Å². The summed E-state index contributed by atoms with van der Waals surface area (Å²) >= 11 is 0. The molecule has 0 heterocycles. The molecule has 19 heavy (non-hydrogen) atoms. The SMILES string of the molecule is CC1(C(=O)NCc2ccc(C#N)cc2)CCCCC1. The summed E-state index contributed by atoms with van der Waals surface area (Å²) in [4.78, 5) is 12.3. The smallest absolute Gasteiger partial charge is 0.226 e. The Bertz CT molecular complexity index is 478. The maximum atomic E-state index is 12.3. The summed E-state index contributed by atoms with van der Waals surface area (Å²) in [7, 11) is 0. The first kappa shape index (κ1) is 13.6. The van der Waals surface area contributed by atoms with Crippen LogP contribution < -0.4 is 5.32 Å². The largest absolute Gasteiger partial charge is 0.352 e. The molecule has 0 spiro atoms. The van der Waals surface area contributed by atoms with Gasteiger partial charge in [0.15, 0.2) is 0 Å². The van der Waals surface area contributed by atoms with Gasteiger partial charge in [-0.05, 0) is 30.5 Å². The Morgan fingerprint density at radius 2 is 1.89 bits per heavy atom. The van der Waals surface area contributed by atoms with Gasteiger partial charge in [0.1, 0.15) is 0 Å². The molecule has 0 aromatic heterocycles. The fourth-order valence-electron chi connectivity index (χ4n) is 2.65. The highest BCUT2D eigenvalue weighted by Gasteiger charge is 2.34. The van der Waals surface area contributed by atoms with Crippen molar-refractivity contribution in [1.29, 1.82) is 5.26 Å². The van der Waals surface area contributed by atoms with Crippen LogP contribution >= 0.6 is 0 Å². The number of carbonyl (C=O) groups is 1. The predicted molar refractivity (Wildman–Crippen MR) is 74.2 cm³/mol. The number of nitriles is 1. The number of carbonyl (C=O) groups excluding carboxylic acids is 1. The Hall–Kier alpha value is -1.82. The lowest BCUT2D eigenvalue weighted by atomic mass is 9.75. The number of nitrogens with zero attached hydrogens (tertiary/aromatic N) is 1. The molecule has 1 aliphatic carbocycles. The number of amides is 1. The van der Waals surface area contributed by atoms with Crippen LogP contribution in [0.1, 0.15) is 50.2 Å². The fraction of sp³-hybridized carbons (Fsp3) is 0.500. The zero-order valence-corrected chi connectivity index (χ0v) is 11.4. The van der Waals surface area contributed by atoms with Crippen LogP contribution in [-0.2, 0) is 11.3 Å². The van der Waals surface area contributed by atoms with E-state index < -0.39 is 0 Å². The number of hydrogen-bond donors (Lipinski definition) is 1. The quantitative estimate of drug-likeness (QED) is 0.903. The first-order valence-electron chi connectivity index (χ1n) is 6.91. The number of benzene rings is 1. The molecule has 0 radical (unpaired) electrons. The van der Waals surface area contributed by atoms with Crippen molar-refractivity contribution in [2.75, 3.05) is 0 Å². The second kappa shape index (κ2) is 5.88. The van der Waals surface area contributed by atoms with Gasteiger partial charge in [0.25, 0.3) is 0 Å². The third kappa shape index (κ3) is 3.35. The van der Waals surface area contributed by atoms with E-state index in [1.54, 1.807) is 12.1 Å². The molecule has 1 aromatic carbocycles. The van der Waals surface area contributed by atoms with Gasteiger partial charge in [-0.3, -0.25) is 4.79 Å². The minimum Gasteiger partial charge on any atom is -0.352 e. The topological polar surface area (TPSA) is 52.9 Å². The van der Waals surface area contributed by atoms with Crippen molar-refractivity contribution in [1.82, 2.24) is 5.32 Å². The minimum atomic E-state index is -0.190. The highest BCUT2D eigenvalue weighted by Crippen LogP contribution is 2.35.